The number of carbonyl (C=O) groups is 1. The first-order chi connectivity index (χ1) is 13.6. The normalized spacial score (nSPS) is 20.4. The van der Waals surface area contributed by atoms with E-state index >= 15 is 0 Å². The number of hydrogen-bond acceptors (Lipinski definition) is 5. The molecule has 2 saturated heterocycles. The SMILES string of the molecule is CC1CCCN(c2cc(C(=O)N3CCN(c4ccc(F)cc4)CC3)ncn2)C1. The fourth-order valence-corrected chi connectivity index (χ4v) is 4.02. The van der Waals surface area contributed by atoms with E-state index < -0.39 is 0 Å². The number of carbonyl (C=O) groups excluding carboxylic acids is 1. The van der Waals surface area contributed by atoms with Crippen LogP contribution >= 0.6 is 0 Å². The summed E-state index contributed by atoms with van der Waals surface area (Å²) in [5, 5.41) is 0. The van der Waals surface area contributed by atoms with E-state index in [-0.39, 0.29) is 11.7 Å². The molecule has 2 aliphatic rings. The van der Waals surface area contributed by atoms with Crippen LogP contribution in [0.2, 0.25) is 0 Å². The fourth-order valence-electron chi connectivity index (χ4n) is 4.02. The Morgan fingerprint density at radius 1 is 1.04 bits per heavy atom. The van der Waals surface area contributed by atoms with Crippen LogP contribution in [0.1, 0.15) is 30.3 Å². The molecular weight excluding hydrogens is 357 g/mol. The molecule has 0 N–H and O–H groups in total. The van der Waals surface area contributed by atoms with Crippen LogP contribution < -0.4 is 9.80 Å². The van der Waals surface area contributed by atoms with Crippen molar-refractivity contribution < 1.29 is 9.18 Å². The average molecular weight is 383 g/mol. The molecule has 4 rings (SSSR count). The highest BCUT2D eigenvalue weighted by molar-refractivity contribution is 5.93. The van der Waals surface area contributed by atoms with Gasteiger partial charge in [-0.25, -0.2) is 14.4 Å². The molecule has 0 spiro atoms. The minimum Gasteiger partial charge on any atom is -0.368 e. The van der Waals surface area contributed by atoms with Crippen molar-refractivity contribution in [1.82, 2.24) is 14.9 Å². The van der Waals surface area contributed by atoms with Gasteiger partial charge in [0.25, 0.3) is 5.91 Å². The lowest BCUT2D eigenvalue weighted by atomic mass is 10.0. The lowest BCUT2D eigenvalue weighted by Gasteiger charge is -2.36. The number of piperidine rings is 1. The van der Waals surface area contributed by atoms with Gasteiger partial charge in [-0.05, 0) is 43.0 Å². The summed E-state index contributed by atoms with van der Waals surface area (Å²) in [6.45, 7) is 6.89. The van der Waals surface area contributed by atoms with E-state index in [1.54, 1.807) is 12.1 Å². The van der Waals surface area contributed by atoms with Gasteiger partial charge in [0.2, 0.25) is 0 Å². The standard InChI is InChI=1S/C21H26FN5O/c1-16-3-2-8-27(14-16)20-13-19(23-15-24-20)21(28)26-11-9-25(10-12-26)18-6-4-17(22)5-7-18/h4-7,13,15-16H,2-3,8-12,14H2,1H3. The summed E-state index contributed by atoms with van der Waals surface area (Å²) >= 11 is 0. The summed E-state index contributed by atoms with van der Waals surface area (Å²) in [6, 6.07) is 8.33. The van der Waals surface area contributed by atoms with Gasteiger partial charge in [-0.15, -0.1) is 0 Å². The molecule has 148 valence electrons. The van der Waals surface area contributed by atoms with Gasteiger partial charge in [0.15, 0.2) is 0 Å². The zero-order chi connectivity index (χ0) is 19.5. The molecule has 0 bridgehead atoms. The van der Waals surface area contributed by atoms with Gasteiger partial charge < -0.3 is 14.7 Å². The first-order valence-corrected chi connectivity index (χ1v) is 9.97. The predicted molar refractivity (Wildman–Crippen MR) is 107 cm³/mol. The molecule has 28 heavy (non-hydrogen) atoms. The number of anilines is 2. The minimum atomic E-state index is -0.236. The van der Waals surface area contributed by atoms with E-state index in [9.17, 15) is 9.18 Å². The van der Waals surface area contributed by atoms with Crippen molar-refractivity contribution in [2.45, 2.75) is 19.8 Å². The third kappa shape index (κ3) is 4.08. The van der Waals surface area contributed by atoms with Gasteiger partial charge in [-0.2, -0.15) is 0 Å². The first-order valence-electron chi connectivity index (χ1n) is 9.97. The van der Waals surface area contributed by atoms with E-state index in [2.05, 4.69) is 26.7 Å². The van der Waals surface area contributed by atoms with Gasteiger partial charge in [0, 0.05) is 51.0 Å². The molecule has 6 nitrogen and oxygen atoms in total. The Labute approximate surface area is 165 Å². The summed E-state index contributed by atoms with van der Waals surface area (Å²) in [7, 11) is 0. The summed E-state index contributed by atoms with van der Waals surface area (Å²) < 4.78 is 13.1. The molecule has 0 radical (unpaired) electrons. The largest absolute Gasteiger partial charge is 0.368 e. The smallest absolute Gasteiger partial charge is 0.272 e. The van der Waals surface area contributed by atoms with Gasteiger partial charge >= 0.3 is 0 Å². The lowest BCUT2D eigenvalue weighted by Crippen LogP contribution is -2.49. The second kappa shape index (κ2) is 8.12. The monoisotopic (exact) mass is 383 g/mol. The summed E-state index contributed by atoms with van der Waals surface area (Å²) in [6.07, 6.45) is 3.89. The van der Waals surface area contributed by atoms with E-state index in [1.807, 2.05) is 11.0 Å². The first kappa shape index (κ1) is 18.7. The third-order valence-electron chi connectivity index (χ3n) is 5.61. The minimum absolute atomic E-state index is 0.0486. The number of rotatable bonds is 3. The number of hydrogen-bond donors (Lipinski definition) is 0. The maximum atomic E-state index is 13.1. The van der Waals surface area contributed by atoms with Crippen LogP contribution in [-0.4, -0.2) is 60.0 Å². The lowest BCUT2D eigenvalue weighted by molar-refractivity contribution is 0.0740. The molecule has 2 aliphatic heterocycles. The molecule has 0 saturated carbocycles. The maximum Gasteiger partial charge on any atom is 0.272 e. The van der Waals surface area contributed by atoms with Crippen LogP contribution in [0.25, 0.3) is 0 Å². The Bertz CT molecular complexity index is 820. The molecule has 1 aromatic heterocycles. The van der Waals surface area contributed by atoms with Gasteiger partial charge in [0.1, 0.15) is 23.7 Å². The highest BCUT2D eigenvalue weighted by Gasteiger charge is 2.25. The highest BCUT2D eigenvalue weighted by atomic mass is 19.1. The quantitative estimate of drug-likeness (QED) is 0.816. The van der Waals surface area contributed by atoms with Crippen LogP contribution in [0.5, 0.6) is 0 Å². The van der Waals surface area contributed by atoms with Crippen LogP contribution in [-0.2, 0) is 0 Å². The van der Waals surface area contributed by atoms with Crippen LogP contribution in [0.3, 0.4) is 0 Å². The van der Waals surface area contributed by atoms with Gasteiger partial charge in [-0.1, -0.05) is 6.92 Å². The molecule has 1 atom stereocenters. The molecule has 1 aromatic carbocycles. The van der Waals surface area contributed by atoms with Crippen LogP contribution in [0.15, 0.2) is 36.7 Å². The Kier molecular flexibility index (Phi) is 5.41. The van der Waals surface area contributed by atoms with Crippen molar-refractivity contribution in [3.8, 4) is 0 Å². The Morgan fingerprint density at radius 3 is 2.50 bits per heavy atom. The Hall–Kier alpha value is -2.70. The summed E-state index contributed by atoms with van der Waals surface area (Å²) in [5.41, 5.74) is 1.44. The summed E-state index contributed by atoms with van der Waals surface area (Å²) in [5.74, 6) is 1.20. The average Bonchev–Trinajstić information content (AvgIpc) is 2.74. The van der Waals surface area contributed by atoms with Crippen LogP contribution in [0.4, 0.5) is 15.9 Å². The maximum absolute atomic E-state index is 13.1. The molecule has 2 aromatic rings. The number of benzene rings is 1. The molecule has 3 heterocycles. The van der Waals surface area contributed by atoms with E-state index in [0.29, 0.717) is 24.7 Å². The number of piperazine rings is 1. The van der Waals surface area contributed by atoms with E-state index in [4.69, 9.17) is 0 Å². The second-order valence-corrected chi connectivity index (χ2v) is 7.71. The van der Waals surface area contributed by atoms with Crippen molar-refractivity contribution >= 4 is 17.4 Å². The Balaban J connectivity index is 1.40. The molecule has 1 amide bonds. The molecule has 7 heteroatoms. The second-order valence-electron chi connectivity index (χ2n) is 7.71. The molecule has 0 aliphatic carbocycles. The number of amides is 1. The highest BCUT2D eigenvalue weighted by Crippen LogP contribution is 2.22. The molecular formula is C21H26FN5O. The van der Waals surface area contributed by atoms with Gasteiger partial charge in [-0.3, -0.25) is 4.79 Å². The number of aromatic nitrogens is 2. The van der Waals surface area contributed by atoms with Crippen LogP contribution in [0, 0.1) is 11.7 Å². The number of halogens is 1. The predicted octanol–water partition coefficient (Wildman–Crippen LogP) is 2.81. The van der Waals surface area contributed by atoms with Crippen molar-refractivity contribution in [3.05, 3.63) is 48.2 Å². The molecule has 1 unspecified atom stereocenters. The third-order valence-corrected chi connectivity index (χ3v) is 5.61. The Morgan fingerprint density at radius 2 is 1.79 bits per heavy atom. The van der Waals surface area contributed by atoms with Crippen molar-refractivity contribution in [3.63, 3.8) is 0 Å². The van der Waals surface area contributed by atoms with E-state index in [0.717, 1.165) is 44.1 Å². The van der Waals surface area contributed by atoms with Crippen molar-refractivity contribution in [2.75, 3.05) is 49.1 Å². The summed E-state index contributed by atoms with van der Waals surface area (Å²) in [4.78, 5) is 27.8. The van der Waals surface area contributed by atoms with Gasteiger partial charge in [0.05, 0.1) is 0 Å². The molecule has 2 fully saturated rings. The van der Waals surface area contributed by atoms with Crippen molar-refractivity contribution in [1.29, 1.82) is 0 Å². The number of nitrogens with zero attached hydrogens (tertiary/aromatic N) is 5. The fraction of sp³-hybridized carbons (Fsp3) is 0.476. The zero-order valence-corrected chi connectivity index (χ0v) is 16.2. The van der Waals surface area contributed by atoms with Crippen molar-refractivity contribution in [2.24, 2.45) is 5.92 Å². The topological polar surface area (TPSA) is 52.6 Å². The van der Waals surface area contributed by atoms with E-state index in [1.165, 1.54) is 24.9 Å². The zero-order valence-electron chi connectivity index (χ0n) is 16.2.